The van der Waals surface area contributed by atoms with Crippen molar-refractivity contribution in [2.24, 2.45) is 0 Å². The van der Waals surface area contributed by atoms with Gasteiger partial charge < -0.3 is 21.4 Å². The molecule has 5 nitrogen and oxygen atoms in total. The standard InChI is InChI=1S/C17H16F2N4OS/c18-15(19)13-7-12(9-5-6-9)21-16(22-13)10(8-20)17(24)23-11-3-1-2-4-14(11)25/h1-4,7-8,15,20-22,25H,5-6H2,(H,23,24)/b16-10+,20-8?. The Balaban J connectivity index is 1.91. The van der Waals surface area contributed by atoms with Gasteiger partial charge in [-0.25, -0.2) is 8.78 Å². The molecule has 1 aromatic carbocycles. The normalized spacial score (nSPS) is 18.2. The molecule has 0 radical (unpaired) electrons. The van der Waals surface area contributed by atoms with E-state index in [4.69, 9.17) is 5.41 Å². The second-order valence-corrected chi connectivity index (χ2v) is 6.05. The van der Waals surface area contributed by atoms with Crippen LogP contribution < -0.4 is 16.0 Å². The molecule has 4 N–H and O–H groups in total. The molecule has 0 spiro atoms. The first-order valence-electron chi connectivity index (χ1n) is 7.59. The highest BCUT2D eigenvalue weighted by Gasteiger charge is 2.26. The molecule has 3 rings (SSSR count). The number of hydrogen-bond acceptors (Lipinski definition) is 5. The molecule has 8 heteroatoms. The zero-order valence-corrected chi connectivity index (χ0v) is 14.0. The van der Waals surface area contributed by atoms with Crippen molar-refractivity contribution in [1.82, 2.24) is 10.6 Å². The summed E-state index contributed by atoms with van der Waals surface area (Å²) in [5.74, 6) is -0.529. The summed E-state index contributed by atoms with van der Waals surface area (Å²) in [4.78, 5) is 13.1. The smallest absolute Gasteiger partial charge is 0.278 e. The molecule has 1 aliphatic heterocycles. The first kappa shape index (κ1) is 17.2. The summed E-state index contributed by atoms with van der Waals surface area (Å²) in [6.07, 6.45) is 1.14. The highest BCUT2D eigenvalue weighted by molar-refractivity contribution is 7.80. The number of anilines is 1. The molecule has 1 saturated carbocycles. The third-order valence-electron chi connectivity index (χ3n) is 3.76. The molecule has 0 saturated heterocycles. The minimum atomic E-state index is -2.71. The predicted octanol–water partition coefficient (Wildman–Crippen LogP) is 3.16. The van der Waals surface area contributed by atoms with Gasteiger partial charge >= 0.3 is 0 Å². The first-order valence-corrected chi connectivity index (χ1v) is 8.04. The van der Waals surface area contributed by atoms with E-state index in [1.165, 1.54) is 6.08 Å². The van der Waals surface area contributed by atoms with E-state index < -0.39 is 12.3 Å². The van der Waals surface area contributed by atoms with Crippen LogP contribution in [-0.4, -0.2) is 18.5 Å². The maximum atomic E-state index is 13.1. The number of benzene rings is 1. The van der Waals surface area contributed by atoms with Gasteiger partial charge in [0.2, 0.25) is 0 Å². The predicted molar refractivity (Wildman–Crippen MR) is 94.8 cm³/mol. The molecule has 1 heterocycles. The fraction of sp³-hybridized carbons (Fsp3) is 0.176. The molecule has 0 unspecified atom stereocenters. The van der Waals surface area contributed by atoms with E-state index in [2.05, 4.69) is 28.6 Å². The summed E-state index contributed by atoms with van der Waals surface area (Å²) in [5.41, 5.74) is 1.66. The van der Waals surface area contributed by atoms with Crippen molar-refractivity contribution < 1.29 is 13.6 Å². The van der Waals surface area contributed by atoms with Gasteiger partial charge in [0.15, 0.2) is 0 Å². The number of para-hydroxylation sites is 1. The van der Waals surface area contributed by atoms with Gasteiger partial charge in [-0.05, 0) is 36.6 Å². The van der Waals surface area contributed by atoms with E-state index in [9.17, 15) is 13.6 Å². The van der Waals surface area contributed by atoms with Crippen LogP contribution in [0.1, 0.15) is 12.8 Å². The van der Waals surface area contributed by atoms with Crippen LogP contribution in [0.25, 0.3) is 0 Å². The lowest BCUT2D eigenvalue weighted by atomic mass is 10.2. The summed E-state index contributed by atoms with van der Waals surface area (Å²) in [7, 11) is 0. The second-order valence-electron chi connectivity index (χ2n) is 5.57. The van der Waals surface area contributed by atoms with Crippen molar-refractivity contribution in [2.75, 3.05) is 5.32 Å². The van der Waals surface area contributed by atoms with Crippen LogP contribution in [0, 0.1) is 5.41 Å². The fourth-order valence-corrected chi connectivity index (χ4v) is 2.55. The minimum absolute atomic E-state index is 0.0661. The summed E-state index contributed by atoms with van der Waals surface area (Å²) < 4.78 is 26.3. The number of nitrogens with one attached hydrogen (secondary N) is 4. The summed E-state index contributed by atoms with van der Waals surface area (Å²) >= 11 is 4.25. The molecule has 0 aromatic heterocycles. The molecule has 130 valence electrons. The number of carbonyl (C=O) groups is 1. The summed E-state index contributed by atoms with van der Waals surface area (Å²) in [6, 6.07) is 6.87. The van der Waals surface area contributed by atoms with Crippen LogP contribution in [0.3, 0.4) is 0 Å². The van der Waals surface area contributed by atoms with Gasteiger partial charge in [0.05, 0.1) is 17.0 Å². The fourth-order valence-electron chi connectivity index (χ4n) is 2.33. The topological polar surface area (TPSA) is 77.0 Å². The lowest BCUT2D eigenvalue weighted by Gasteiger charge is -2.24. The van der Waals surface area contributed by atoms with Gasteiger partial charge in [-0.1, -0.05) is 12.1 Å². The molecule has 0 atom stereocenters. The van der Waals surface area contributed by atoms with Crippen molar-refractivity contribution in [3.8, 4) is 0 Å². The zero-order valence-electron chi connectivity index (χ0n) is 13.1. The number of alkyl halides is 2. The zero-order chi connectivity index (χ0) is 18.0. The quantitative estimate of drug-likeness (QED) is 0.324. The maximum absolute atomic E-state index is 13.1. The Morgan fingerprint density at radius 2 is 2.00 bits per heavy atom. The number of allylic oxidation sites excluding steroid dienone is 3. The van der Waals surface area contributed by atoms with Gasteiger partial charge in [0, 0.05) is 16.8 Å². The Bertz CT molecular complexity index is 824. The van der Waals surface area contributed by atoms with Gasteiger partial charge in [-0.2, -0.15) is 0 Å². The van der Waals surface area contributed by atoms with Crippen LogP contribution in [0.4, 0.5) is 14.5 Å². The third-order valence-corrected chi connectivity index (χ3v) is 4.15. The average Bonchev–Trinajstić information content (AvgIpc) is 3.42. The first-order chi connectivity index (χ1) is 12.0. The van der Waals surface area contributed by atoms with Gasteiger partial charge in [0.1, 0.15) is 5.82 Å². The Hall–Kier alpha value is -2.61. The lowest BCUT2D eigenvalue weighted by molar-refractivity contribution is -0.112. The summed E-state index contributed by atoms with van der Waals surface area (Å²) in [5, 5.41) is 15.6. The van der Waals surface area contributed by atoms with Crippen LogP contribution in [0.5, 0.6) is 0 Å². The third kappa shape index (κ3) is 3.90. The van der Waals surface area contributed by atoms with Crippen molar-refractivity contribution in [3.63, 3.8) is 0 Å². The Morgan fingerprint density at radius 1 is 1.28 bits per heavy atom. The number of thiol groups is 1. The molecular formula is C17H16F2N4OS. The number of rotatable bonds is 4. The number of halogens is 2. The van der Waals surface area contributed by atoms with E-state index in [1.54, 1.807) is 24.3 Å². The van der Waals surface area contributed by atoms with Crippen molar-refractivity contribution in [1.29, 1.82) is 5.41 Å². The van der Waals surface area contributed by atoms with E-state index >= 15 is 0 Å². The second kappa shape index (κ2) is 7.10. The van der Waals surface area contributed by atoms with Crippen LogP contribution in [-0.2, 0) is 4.79 Å². The van der Waals surface area contributed by atoms with Gasteiger partial charge in [-0.15, -0.1) is 12.6 Å². The Kier molecular flexibility index (Phi) is 4.89. The van der Waals surface area contributed by atoms with E-state index in [0.717, 1.165) is 24.6 Å². The number of amides is 1. The SMILES string of the molecule is N=C/C(C(=O)Nc1ccccc1S)=C1\NC(C(F)F)=CC(=C2CC2)N1. The molecule has 25 heavy (non-hydrogen) atoms. The monoisotopic (exact) mass is 362 g/mol. The van der Waals surface area contributed by atoms with Gasteiger partial charge in [-0.3, -0.25) is 4.79 Å². The Morgan fingerprint density at radius 3 is 2.60 bits per heavy atom. The van der Waals surface area contributed by atoms with Gasteiger partial charge in [0.25, 0.3) is 12.3 Å². The molecule has 2 aliphatic rings. The minimum Gasteiger partial charge on any atom is -0.341 e. The average molecular weight is 362 g/mol. The molecule has 0 bridgehead atoms. The van der Waals surface area contributed by atoms with Crippen LogP contribution in [0.2, 0.25) is 0 Å². The molecule has 1 aliphatic carbocycles. The van der Waals surface area contributed by atoms with E-state index in [0.29, 0.717) is 16.3 Å². The molecular weight excluding hydrogens is 346 g/mol. The van der Waals surface area contributed by atoms with Crippen LogP contribution >= 0.6 is 12.6 Å². The largest absolute Gasteiger partial charge is 0.341 e. The molecule has 1 amide bonds. The van der Waals surface area contributed by atoms with Crippen LogP contribution in [0.15, 0.2) is 63.6 Å². The van der Waals surface area contributed by atoms with Crippen molar-refractivity contribution in [2.45, 2.75) is 24.2 Å². The summed E-state index contributed by atoms with van der Waals surface area (Å²) in [6.45, 7) is 0. The number of carbonyl (C=O) groups excluding carboxylic acids is 1. The Labute approximate surface area is 148 Å². The van der Waals surface area contributed by atoms with Crippen molar-refractivity contribution in [3.05, 3.63) is 58.7 Å². The highest BCUT2D eigenvalue weighted by atomic mass is 32.1. The highest BCUT2D eigenvalue weighted by Crippen LogP contribution is 2.33. The van der Waals surface area contributed by atoms with Crippen molar-refractivity contribution >= 4 is 30.4 Å². The molecule has 1 aromatic rings. The lowest BCUT2D eigenvalue weighted by Crippen LogP contribution is -2.36. The van der Waals surface area contributed by atoms with E-state index in [-0.39, 0.29) is 17.1 Å². The maximum Gasteiger partial charge on any atom is 0.278 e. The van der Waals surface area contributed by atoms with E-state index in [1.807, 2.05) is 0 Å². The molecule has 1 fully saturated rings. The number of hydrogen-bond donors (Lipinski definition) is 5.